The fourth-order valence-electron chi connectivity index (χ4n) is 0.733. The van der Waals surface area contributed by atoms with E-state index < -0.39 is 0 Å². The second-order valence-corrected chi connectivity index (χ2v) is 2.90. The van der Waals surface area contributed by atoms with Crippen LogP contribution in [0.1, 0.15) is 5.56 Å². The van der Waals surface area contributed by atoms with Gasteiger partial charge in [-0.2, -0.15) is 11.3 Å². The summed E-state index contributed by atoms with van der Waals surface area (Å²) in [6.45, 7) is 0. The van der Waals surface area contributed by atoms with Crippen LogP contribution in [0, 0.1) is 0 Å². The summed E-state index contributed by atoms with van der Waals surface area (Å²) in [4.78, 5) is 20.7. The molecule has 1 heterocycles. The van der Waals surface area contributed by atoms with Gasteiger partial charge >= 0.3 is 0 Å². The maximum absolute atomic E-state index is 10.9. The molecular weight excluding hydrogens is 176 g/mol. The third-order valence-electron chi connectivity index (χ3n) is 1.22. The van der Waals surface area contributed by atoms with Gasteiger partial charge in [0.25, 0.3) is 0 Å². The molecule has 0 radical (unpaired) electrons. The molecule has 2 N–H and O–H groups in total. The lowest BCUT2D eigenvalue weighted by Gasteiger charge is -1.99. The van der Waals surface area contributed by atoms with E-state index >= 15 is 0 Å². The summed E-state index contributed by atoms with van der Waals surface area (Å²) in [6, 6.07) is 1.87. The van der Waals surface area contributed by atoms with Crippen LogP contribution in [0.15, 0.2) is 16.8 Å². The molecule has 4 nitrogen and oxygen atoms in total. The SMILES string of the molecule is O=CNNC(=O)Cc1ccsc1. The van der Waals surface area contributed by atoms with Crippen molar-refractivity contribution in [2.24, 2.45) is 0 Å². The summed E-state index contributed by atoms with van der Waals surface area (Å²) in [5.74, 6) is -0.222. The topological polar surface area (TPSA) is 58.2 Å². The highest BCUT2D eigenvalue weighted by atomic mass is 32.1. The highest BCUT2D eigenvalue weighted by molar-refractivity contribution is 7.07. The van der Waals surface area contributed by atoms with Crippen molar-refractivity contribution < 1.29 is 9.59 Å². The van der Waals surface area contributed by atoms with Crippen LogP contribution in [0.4, 0.5) is 0 Å². The van der Waals surface area contributed by atoms with Crippen molar-refractivity contribution in [1.29, 1.82) is 0 Å². The van der Waals surface area contributed by atoms with E-state index in [4.69, 9.17) is 0 Å². The van der Waals surface area contributed by atoms with Gasteiger partial charge in [-0.15, -0.1) is 0 Å². The minimum atomic E-state index is -0.222. The Bertz CT molecular complexity index is 258. The predicted octanol–water partition coefficient (Wildman–Crippen LogP) is 0.0678. The first-order chi connectivity index (χ1) is 5.83. The molecule has 0 aliphatic heterocycles. The van der Waals surface area contributed by atoms with E-state index in [1.54, 1.807) is 0 Å². The van der Waals surface area contributed by atoms with Crippen LogP contribution in [-0.2, 0) is 16.0 Å². The molecule has 0 fully saturated rings. The number of carbonyl (C=O) groups is 2. The Morgan fingerprint density at radius 2 is 2.50 bits per heavy atom. The molecule has 0 aromatic carbocycles. The normalized spacial score (nSPS) is 9.00. The van der Waals surface area contributed by atoms with Gasteiger partial charge in [0.05, 0.1) is 6.42 Å². The Hall–Kier alpha value is -1.36. The fraction of sp³-hybridized carbons (Fsp3) is 0.143. The number of hydrogen-bond donors (Lipinski definition) is 2. The lowest BCUT2D eigenvalue weighted by Crippen LogP contribution is -2.37. The van der Waals surface area contributed by atoms with E-state index in [9.17, 15) is 9.59 Å². The number of hydrazine groups is 1. The molecule has 0 atom stereocenters. The third kappa shape index (κ3) is 2.71. The molecular formula is C7H8N2O2S. The molecule has 0 saturated carbocycles. The van der Waals surface area contributed by atoms with Crippen molar-refractivity contribution in [3.05, 3.63) is 22.4 Å². The highest BCUT2D eigenvalue weighted by Gasteiger charge is 2.01. The van der Waals surface area contributed by atoms with Crippen molar-refractivity contribution in [2.45, 2.75) is 6.42 Å². The zero-order valence-electron chi connectivity index (χ0n) is 6.24. The molecule has 5 heteroatoms. The molecule has 12 heavy (non-hydrogen) atoms. The van der Waals surface area contributed by atoms with Crippen molar-refractivity contribution in [3.8, 4) is 0 Å². The van der Waals surface area contributed by atoms with Crippen LogP contribution in [0.2, 0.25) is 0 Å². The minimum absolute atomic E-state index is 0.222. The van der Waals surface area contributed by atoms with Crippen LogP contribution in [0.3, 0.4) is 0 Å². The summed E-state index contributed by atoms with van der Waals surface area (Å²) in [5, 5.41) is 3.79. The summed E-state index contributed by atoms with van der Waals surface area (Å²) in [6.07, 6.45) is 0.718. The molecule has 0 aliphatic carbocycles. The minimum Gasteiger partial charge on any atom is -0.277 e. The van der Waals surface area contributed by atoms with Crippen molar-refractivity contribution >= 4 is 23.7 Å². The standard InChI is InChI=1S/C7H8N2O2S/c10-5-8-9-7(11)3-6-1-2-12-4-6/h1-2,4-5H,3H2,(H,8,10)(H,9,11). The number of carbonyl (C=O) groups excluding carboxylic acids is 2. The quantitative estimate of drug-likeness (QED) is 0.514. The Morgan fingerprint density at radius 3 is 3.08 bits per heavy atom. The van der Waals surface area contributed by atoms with Crippen LogP contribution in [-0.4, -0.2) is 12.3 Å². The molecule has 1 aromatic rings. The average molecular weight is 184 g/mol. The van der Waals surface area contributed by atoms with Gasteiger partial charge in [-0.3, -0.25) is 20.4 Å². The van der Waals surface area contributed by atoms with Gasteiger partial charge in [-0.25, -0.2) is 0 Å². The zero-order chi connectivity index (χ0) is 8.81. The molecule has 0 saturated heterocycles. The first kappa shape index (κ1) is 8.73. The van der Waals surface area contributed by atoms with Crippen LogP contribution >= 0.6 is 11.3 Å². The molecule has 0 spiro atoms. The van der Waals surface area contributed by atoms with Gasteiger partial charge in [-0.05, 0) is 22.4 Å². The number of thiophene rings is 1. The van der Waals surface area contributed by atoms with Crippen molar-refractivity contribution in [1.82, 2.24) is 10.9 Å². The molecule has 2 amide bonds. The summed E-state index contributed by atoms with van der Waals surface area (Å²) in [7, 11) is 0. The van der Waals surface area contributed by atoms with E-state index in [0.717, 1.165) is 5.56 Å². The van der Waals surface area contributed by atoms with Crippen molar-refractivity contribution in [2.75, 3.05) is 0 Å². The second-order valence-electron chi connectivity index (χ2n) is 2.12. The number of rotatable bonds is 4. The second kappa shape index (κ2) is 4.50. The Kier molecular flexibility index (Phi) is 3.28. The molecule has 0 unspecified atom stereocenters. The first-order valence-corrected chi connectivity index (χ1v) is 4.26. The highest BCUT2D eigenvalue weighted by Crippen LogP contribution is 2.05. The van der Waals surface area contributed by atoms with E-state index in [1.807, 2.05) is 16.8 Å². The predicted molar refractivity (Wildman–Crippen MR) is 45.4 cm³/mol. The van der Waals surface area contributed by atoms with Crippen LogP contribution in [0.25, 0.3) is 0 Å². The van der Waals surface area contributed by atoms with Gasteiger partial charge in [0.15, 0.2) is 0 Å². The lowest BCUT2D eigenvalue weighted by atomic mass is 10.2. The number of hydrogen-bond acceptors (Lipinski definition) is 3. The maximum Gasteiger partial charge on any atom is 0.242 e. The Labute approximate surface area is 73.6 Å². The molecule has 64 valence electrons. The Morgan fingerprint density at radius 1 is 1.67 bits per heavy atom. The van der Waals surface area contributed by atoms with Crippen LogP contribution in [0.5, 0.6) is 0 Å². The Balaban J connectivity index is 2.32. The lowest BCUT2D eigenvalue weighted by molar-refractivity contribution is -0.124. The molecule has 0 bridgehead atoms. The zero-order valence-corrected chi connectivity index (χ0v) is 7.06. The van der Waals surface area contributed by atoms with Crippen LogP contribution < -0.4 is 10.9 Å². The summed E-state index contributed by atoms with van der Waals surface area (Å²) in [5.41, 5.74) is 5.25. The summed E-state index contributed by atoms with van der Waals surface area (Å²) >= 11 is 1.54. The van der Waals surface area contributed by atoms with E-state index in [1.165, 1.54) is 11.3 Å². The van der Waals surface area contributed by atoms with Gasteiger partial charge in [0, 0.05) is 0 Å². The largest absolute Gasteiger partial charge is 0.277 e. The van der Waals surface area contributed by atoms with Gasteiger partial charge in [0.2, 0.25) is 12.3 Å². The number of nitrogens with one attached hydrogen (secondary N) is 2. The monoisotopic (exact) mass is 184 g/mol. The maximum atomic E-state index is 10.9. The average Bonchev–Trinajstić information content (AvgIpc) is 2.53. The number of amides is 2. The fourth-order valence-corrected chi connectivity index (χ4v) is 1.40. The summed E-state index contributed by atoms with van der Waals surface area (Å²) < 4.78 is 0. The van der Waals surface area contributed by atoms with Gasteiger partial charge in [0.1, 0.15) is 0 Å². The van der Waals surface area contributed by atoms with Gasteiger partial charge in [-0.1, -0.05) is 0 Å². The molecule has 1 rings (SSSR count). The van der Waals surface area contributed by atoms with Gasteiger partial charge < -0.3 is 0 Å². The molecule has 0 aliphatic rings. The smallest absolute Gasteiger partial charge is 0.242 e. The first-order valence-electron chi connectivity index (χ1n) is 3.32. The van der Waals surface area contributed by atoms with Crippen molar-refractivity contribution in [3.63, 3.8) is 0 Å². The third-order valence-corrected chi connectivity index (χ3v) is 1.95. The van der Waals surface area contributed by atoms with E-state index in [2.05, 4.69) is 10.9 Å². The van der Waals surface area contributed by atoms with E-state index in [0.29, 0.717) is 12.8 Å². The molecule has 1 aromatic heterocycles. The van der Waals surface area contributed by atoms with E-state index in [-0.39, 0.29) is 5.91 Å².